The highest BCUT2D eigenvalue weighted by atomic mass is 16.5. The number of nitrogens with one attached hydrogen (secondary N) is 2. The number of urea groups is 1. The zero-order valence-corrected chi connectivity index (χ0v) is 13.8. The third kappa shape index (κ3) is 7.67. The quantitative estimate of drug-likeness (QED) is 0.499. The highest BCUT2D eigenvalue weighted by Gasteiger charge is 2.25. The number of hydrogen-bond acceptors (Lipinski definition) is 3. The Bertz CT molecular complexity index is 298. The summed E-state index contributed by atoms with van der Waals surface area (Å²) < 4.78 is 5.81. The van der Waals surface area contributed by atoms with Crippen molar-refractivity contribution in [1.82, 2.24) is 10.6 Å². The van der Waals surface area contributed by atoms with Crippen molar-refractivity contribution in [3.05, 3.63) is 0 Å². The fourth-order valence-electron chi connectivity index (χ4n) is 2.32. The lowest BCUT2D eigenvalue weighted by Gasteiger charge is -2.27. The van der Waals surface area contributed by atoms with Crippen molar-refractivity contribution in [2.24, 2.45) is 5.92 Å². The molecule has 0 aromatic carbocycles. The molecule has 0 radical (unpaired) electrons. The van der Waals surface area contributed by atoms with E-state index in [1.165, 1.54) is 25.7 Å². The fraction of sp³-hybridized carbons (Fsp3) is 0.938. The molecule has 2 amide bonds. The molecular weight excluding hydrogens is 268 g/mol. The number of ether oxygens (including phenoxy) is 1. The van der Waals surface area contributed by atoms with Gasteiger partial charge in [-0.05, 0) is 25.7 Å². The van der Waals surface area contributed by atoms with Crippen LogP contribution in [0, 0.1) is 5.92 Å². The normalized spacial score (nSPS) is 19.9. The number of rotatable bonds is 7. The average Bonchev–Trinajstić information content (AvgIpc) is 2.70. The fourth-order valence-corrected chi connectivity index (χ4v) is 2.32. The number of hydrogen-bond donors (Lipinski definition) is 3. The molecule has 0 heterocycles. The summed E-state index contributed by atoms with van der Waals surface area (Å²) in [6, 6.07) is -0.250. The highest BCUT2D eigenvalue weighted by Crippen LogP contribution is 2.19. The Morgan fingerprint density at radius 1 is 1.24 bits per heavy atom. The molecular formula is C16H32N2O3. The summed E-state index contributed by atoms with van der Waals surface area (Å²) in [6.45, 7) is 6.90. The van der Waals surface area contributed by atoms with E-state index in [9.17, 15) is 9.90 Å². The van der Waals surface area contributed by atoms with Gasteiger partial charge in [0.25, 0.3) is 0 Å². The van der Waals surface area contributed by atoms with E-state index in [1.54, 1.807) is 6.92 Å². The van der Waals surface area contributed by atoms with Gasteiger partial charge in [0.05, 0.1) is 18.3 Å². The molecule has 1 fully saturated rings. The topological polar surface area (TPSA) is 70.6 Å². The predicted molar refractivity (Wildman–Crippen MR) is 84.3 cm³/mol. The summed E-state index contributed by atoms with van der Waals surface area (Å²) in [5.41, 5.74) is -0.881. The Labute approximate surface area is 128 Å². The van der Waals surface area contributed by atoms with E-state index >= 15 is 0 Å². The van der Waals surface area contributed by atoms with Gasteiger partial charge in [-0.15, -0.1) is 0 Å². The Kier molecular flexibility index (Phi) is 8.04. The smallest absolute Gasteiger partial charge is 0.314 e. The van der Waals surface area contributed by atoms with Gasteiger partial charge in [0.15, 0.2) is 0 Å². The summed E-state index contributed by atoms with van der Waals surface area (Å²) in [6.07, 6.45) is 7.78. The lowest BCUT2D eigenvalue weighted by Crippen LogP contribution is -2.47. The summed E-state index contributed by atoms with van der Waals surface area (Å²) in [7, 11) is 0. The zero-order chi connectivity index (χ0) is 15.7. The Hall–Kier alpha value is -0.810. The van der Waals surface area contributed by atoms with Crippen molar-refractivity contribution >= 4 is 6.03 Å². The van der Waals surface area contributed by atoms with Crippen LogP contribution in [0.1, 0.15) is 59.3 Å². The van der Waals surface area contributed by atoms with Crippen molar-refractivity contribution in [2.45, 2.75) is 71.0 Å². The van der Waals surface area contributed by atoms with Gasteiger partial charge in [0.2, 0.25) is 0 Å². The maximum atomic E-state index is 11.6. The van der Waals surface area contributed by atoms with Crippen LogP contribution in [0.25, 0.3) is 0 Å². The number of aliphatic hydroxyl groups is 1. The van der Waals surface area contributed by atoms with E-state index in [0.717, 1.165) is 12.8 Å². The first-order valence-electron chi connectivity index (χ1n) is 8.27. The second-order valence-electron chi connectivity index (χ2n) is 6.61. The maximum absolute atomic E-state index is 11.6. The van der Waals surface area contributed by atoms with Gasteiger partial charge in [-0.25, -0.2) is 4.79 Å². The molecule has 0 spiro atoms. The lowest BCUT2D eigenvalue weighted by molar-refractivity contribution is 0.0164. The maximum Gasteiger partial charge on any atom is 0.314 e. The number of amides is 2. The van der Waals surface area contributed by atoms with Crippen LogP contribution < -0.4 is 10.6 Å². The second kappa shape index (κ2) is 9.26. The van der Waals surface area contributed by atoms with E-state index < -0.39 is 5.60 Å². The first kappa shape index (κ1) is 18.2. The molecule has 5 nitrogen and oxygen atoms in total. The van der Waals surface area contributed by atoms with Crippen LogP contribution in [0.3, 0.4) is 0 Å². The van der Waals surface area contributed by atoms with Gasteiger partial charge in [0, 0.05) is 13.1 Å². The first-order chi connectivity index (χ1) is 9.92. The standard InChI is InChI=1S/C16H32N2O3/c1-13(2)16(3,20)12-18-15(19)17-10-11-21-14-8-6-4-5-7-9-14/h13-14,20H,4-12H2,1-3H3,(H2,17,18,19). The number of carbonyl (C=O) groups is 1. The van der Waals surface area contributed by atoms with Crippen LogP contribution in [0.2, 0.25) is 0 Å². The van der Waals surface area contributed by atoms with E-state index in [1.807, 2.05) is 13.8 Å². The Morgan fingerprint density at radius 3 is 2.43 bits per heavy atom. The van der Waals surface area contributed by atoms with Crippen LogP contribution in [0.4, 0.5) is 4.79 Å². The zero-order valence-electron chi connectivity index (χ0n) is 13.8. The van der Waals surface area contributed by atoms with E-state index in [2.05, 4.69) is 10.6 Å². The van der Waals surface area contributed by atoms with Gasteiger partial charge >= 0.3 is 6.03 Å². The van der Waals surface area contributed by atoms with Gasteiger partial charge in [0.1, 0.15) is 0 Å². The summed E-state index contributed by atoms with van der Waals surface area (Å²) in [5, 5.41) is 15.5. The third-order valence-corrected chi connectivity index (χ3v) is 4.39. The second-order valence-corrected chi connectivity index (χ2v) is 6.61. The van der Waals surface area contributed by atoms with Crippen molar-refractivity contribution in [2.75, 3.05) is 19.7 Å². The van der Waals surface area contributed by atoms with Crippen LogP contribution >= 0.6 is 0 Å². The van der Waals surface area contributed by atoms with Gasteiger partial charge in [-0.1, -0.05) is 39.5 Å². The first-order valence-corrected chi connectivity index (χ1v) is 8.27. The molecule has 0 aromatic heterocycles. The molecule has 0 saturated heterocycles. The van der Waals surface area contributed by atoms with Crippen molar-refractivity contribution in [3.8, 4) is 0 Å². The lowest BCUT2D eigenvalue weighted by atomic mass is 9.93. The minimum absolute atomic E-state index is 0.0939. The Morgan fingerprint density at radius 2 is 1.86 bits per heavy atom. The van der Waals surface area contributed by atoms with Crippen LogP contribution in [0.5, 0.6) is 0 Å². The largest absolute Gasteiger partial charge is 0.388 e. The molecule has 1 saturated carbocycles. The summed E-state index contributed by atoms with van der Waals surface area (Å²) >= 11 is 0. The SMILES string of the molecule is CC(C)C(C)(O)CNC(=O)NCCOC1CCCCCC1. The molecule has 3 N–H and O–H groups in total. The van der Waals surface area contributed by atoms with Crippen LogP contribution in [-0.2, 0) is 4.74 Å². The van der Waals surface area contributed by atoms with Crippen molar-refractivity contribution < 1.29 is 14.6 Å². The molecule has 0 aliphatic heterocycles. The van der Waals surface area contributed by atoms with Gasteiger partial charge in [-0.3, -0.25) is 0 Å². The van der Waals surface area contributed by atoms with Crippen LogP contribution in [0.15, 0.2) is 0 Å². The molecule has 1 aliphatic rings. The molecule has 1 aliphatic carbocycles. The molecule has 1 unspecified atom stereocenters. The molecule has 0 bridgehead atoms. The van der Waals surface area contributed by atoms with E-state index in [0.29, 0.717) is 19.3 Å². The molecule has 0 aromatic rings. The highest BCUT2D eigenvalue weighted by molar-refractivity contribution is 5.73. The Balaban J connectivity index is 2.07. The molecule has 1 rings (SSSR count). The number of carbonyl (C=O) groups excluding carboxylic acids is 1. The van der Waals surface area contributed by atoms with Gasteiger partial charge in [-0.2, -0.15) is 0 Å². The third-order valence-electron chi connectivity index (χ3n) is 4.39. The molecule has 1 atom stereocenters. The minimum atomic E-state index is -0.881. The monoisotopic (exact) mass is 300 g/mol. The molecule has 21 heavy (non-hydrogen) atoms. The predicted octanol–water partition coefficient (Wildman–Crippen LogP) is 2.43. The van der Waals surface area contributed by atoms with Crippen molar-refractivity contribution in [3.63, 3.8) is 0 Å². The van der Waals surface area contributed by atoms with Crippen LogP contribution in [-0.4, -0.2) is 42.5 Å². The van der Waals surface area contributed by atoms with Gasteiger partial charge < -0.3 is 20.5 Å². The summed E-state index contributed by atoms with van der Waals surface area (Å²) in [4.78, 5) is 11.6. The van der Waals surface area contributed by atoms with E-state index in [4.69, 9.17) is 4.74 Å². The minimum Gasteiger partial charge on any atom is -0.388 e. The van der Waals surface area contributed by atoms with Crippen molar-refractivity contribution in [1.29, 1.82) is 0 Å². The van der Waals surface area contributed by atoms with E-state index in [-0.39, 0.29) is 18.5 Å². The average molecular weight is 300 g/mol. The molecule has 124 valence electrons. The molecule has 5 heteroatoms. The summed E-state index contributed by atoms with van der Waals surface area (Å²) in [5.74, 6) is 0.0939.